The number of hydrogen-bond acceptors (Lipinski definition) is 2. The minimum absolute atomic E-state index is 0.211. The first-order valence-electron chi connectivity index (χ1n) is 4.06. The number of carbonyl (C=O) groups is 1. The molecule has 0 saturated carbocycles. The minimum atomic E-state index is -0.917. The number of aliphatic carboxylic acids is 1. The fourth-order valence-electron chi connectivity index (χ4n) is 0.712. The third-order valence-corrected chi connectivity index (χ3v) is 1.38. The lowest BCUT2D eigenvalue weighted by atomic mass is 10.2. The summed E-state index contributed by atoms with van der Waals surface area (Å²) in [5.74, 6) is -0.917. The molecule has 0 radical (unpaired) electrons. The Balaban J connectivity index is 3.32. The maximum atomic E-state index is 10.3. The van der Waals surface area contributed by atoms with E-state index in [2.05, 4.69) is 6.58 Å². The standard InChI is InChI=1S/C9H16O3/c1-7(2)12-6-4-5-8(3)9(10)11/h7H,3-6H2,1-2H3,(H,10,11). The van der Waals surface area contributed by atoms with Crippen molar-refractivity contribution in [2.24, 2.45) is 0 Å². The molecule has 0 aliphatic rings. The first-order chi connectivity index (χ1) is 5.54. The SMILES string of the molecule is C=C(CCCOC(C)C)C(=O)O. The summed E-state index contributed by atoms with van der Waals surface area (Å²) in [5, 5.41) is 8.45. The fourth-order valence-corrected chi connectivity index (χ4v) is 0.712. The van der Waals surface area contributed by atoms with Crippen LogP contribution < -0.4 is 0 Å². The van der Waals surface area contributed by atoms with Crippen LogP contribution in [-0.2, 0) is 9.53 Å². The molecule has 0 saturated heterocycles. The van der Waals surface area contributed by atoms with Gasteiger partial charge in [0.15, 0.2) is 0 Å². The van der Waals surface area contributed by atoms with Gasteiger partial charge < -0.3 is 9.84 Å². The third-order valence-electron chi connectivity index (χ3n) is 1.38. The molecule has 3 nitrogen and oxygen atoms in total. The highest BCUT2D eigenvalue weighted by atomic mass is 16.5. The van der Waals surface area contributed by atoms with Crippen molar-refractivity contribution >= 4 is 5.97 Å². The molecule has 12 heavy (non-hydrogen) atoms. The summed E-state index contributed by atoms with van der Waals surface area (Å²) in [4.78, 5) is 10.3. The summed E-state index contributed by atoms with van der Waals surface area (Å²) < 4.78 is 5.24. The van der Waals surface area contributed by atoms with Gasteiger partial charge in [0.1, 0.15) is 0 Å². The third kappa shape index (κ3) is 5.92. The lowest BCUT2D eigenvalue weighted by Crippen LogP contribution is -2.05. The van der Waals surface area contributed by atoms with Gasteiger partial charge in [-0.2, -0.15) is 0 Å². The monoisotopic (exact) mass is 172 g/mol. The van der Waals surface area contributed by atoms with Crippen LogP contribution in [-0.4, -0.2) is 23.8 Å². The van der Waals surface area contributed by atoms with E-state index in [-0.39, 0.29) is 11.7 Å². The van der Waals surface area contributed by atoms with Gasteiger partial charge in [0.25, 0.3) is 0 Å². The van der Waals surface area contributed by atoms with Gasteiger partial charge in [-0.15, -0.1) is 0 Å². The number of carboxylic acid groups (broad SMARTS) is 1. The van der Waals surface area contributed by atoms with Gasteiger partial charge in [0.05, 0.1) is 6.10 Å². The Kier molecular flexibility index (Phi) is 5.37. The highest BCUT2D eigenvalue weighted by molar-refractivity contribution is 5.85. The molecule has 0 aromatic rings. The summed E-state index contributed by atoms with van der Waals surface area (Å²) in [5.41, 5.74) is 0.252. The van der Waals surface area contributed by atoms with Crippen LogP contribution in [0, 0.1) is 0 Å². The molecule has 3 heteroatoms. The molecule has 0 unspecified atom stereocenters. The molecule has 0 aliphatic heterocycles. The Bertz CT molecular complexity index is 161. The molecule has 0 heterocycles. The van der Waals surface area contributed by atoms with Gasteiger partial charge in [-0.05, 0) is 26.7 Å². The zero-order valence-corrected chi connectivity index (χ0v) is 7.67. The van der Waals surface area contributed by atoms with Crippen molar-refractivity contribution < 1.29 is 14.6 Å². The van der Waals surface area contributed by atoms with Crippen LogP contribution in [0.15, 0.2) is 12.2 Å². The predicted octanol–water partition coefficient (Wildman–Crippen LogP) is 1.83. The molecular weight excluding hydrogens is 156 g/mol. The fraction of sp³-hybridized carbons (Fsp3) is 0.667. The van der Waals surface area contributed by atoms with E-state index in [1.807, 2.05) is 13.8 Å². The van der Waals surface area contributed by atoms with Crippen LogP contribution in [0.25, 0.3) is 0 Å². The minimum Gasteiger partial charge on any atom is -0.478 e. The van der Waals surface area contributed by atoms with Crippen molar-refractivity contribution in [2.75, 3.05) is 6.61 Å². The topological polar surface area (TPSA) is 46.5 Å². The zero-order chi connectivity index (χ0) is 9.56. The molecule has 0 amide bonds. The van der Waals surface area contributed by atoms with E-state index in [4.69, 9.17) is 9.84 Å². The molecule has 0 aromatic heterocycles. The second-order valence-electron chi connectivity index (χ2n) is 2.93. The van der Waals surface area contributed by atoms with Crippen LogP contribution in [0.3, 0.4) is 0 Å². The molecule has 0 spiro atoms. The molecule has 0 rings (SSSR count). The van der Waals surface area contributed by atoms with Gasteiger partial charge in [-0.1, -0.05) is 6.58 Å². The summed E-state index contributed by atoms with van der Waals surface area (Å²) in [6.45, 7) is 7.92. The second kappa shape index (κ2) is 5.77. The van der Waals surface area contributed by atoms with Gasteiger partial charge in [0.2, 0.25) is 0 Å². The van der Waals surface area contributed by atoms with E-state index < -0.39 is 5.97 Å². The largest absolute Gasteiger partial charge is 0.478 e. The molecule has 0 aliphatic carbocycles. The Hall–Kier alpha value is -0.830. The summed E-state index contributed by atoms with van der Waals surface area (Å²) in [7, 11) is 0. The van der Waals surface area contributed by atoms with Gasteiger partial charge in [-0.3, -0.25) is 0 Å². The van der Waals surface area contributed by atoms with Crippen LogP contribution >= 0.6 is 0 Å². The van der Waals surface area contributed by atoms with Crippen molar-refractivity contribution in [3.63, 3.8) is 0 Å². The maximum absolute atomic E-state index is 10.3. The van der Waals surface area contributed by atoms with Gasteiger partial charge in [-0.25, -0.2) is 4.79 Å². The molecule has 0 fully saturated rings. The van der Waals surface area contributed by atoms with Crippen molar-refractivity contribution in [3.8, 4) is 0 Å². The first-order valence-corrected chi connectivity index (χ1v) is 4.06. The van der Waals surface area contributed by atoms with Crippen molar-refractivity contribution in [3.05, 3.63) is 12.2 Å². The van der Waals surface area contributed by atoms with E-state index in [1.54, 1.807) is 0 Å². The normalized spacial score (nSPS) is 10.2. The Morgan fingerprint density at radius 3 is 2.58 bits per heavy atom. The highest BCUT2D eigenvalue weighted by Crippen LogP contribution is 2.03. The van der Waals surface area contributed by atoms with Crippen LogP contribution in [0.5, 0.6) is 0 Å². The Morgan fingerprint density at radius 2 is 2.17 bits per heavy atom. The average molecular weight is 172 g/mol. The highest BCUT2D eigenvalue weighted by Gasteiger charge is 2.02. The van der Waals surface area contributed by atoms with E-state index in [0.717, 1.165) is 6.42 Å². The predicted molar refractivity (Wildman–Crippen MR) is 47.1 cm³/mol. The number of ether oxygens (including phenoxy) is 1. The van der Waals surface area contributed by atoms with Crippen LogP contribution in [0.4, 0.5) is 0 Å². The van der Waals surface area contributed by atoms with E-state index >= 15 is 0 Å². The number of carboxylic acids is 1. The first kappa shape index (κ1) is 11.2. The quantitative estimate of drug-likeness (QED) is 0.491. The number of rotatable bonds is 6. The van der Waals surface area contributed by atoms with Gasteiger partial charge in [0, 0.05) is 12.2 Å². The summed E-state index contributed by atoms with van der Waals surface area (Å²) in [6, 6.07) is 0. The van der Waals surface area contributed by atoms with E-state index in [0.29, 0.717) is 13.0 Å². The summed E-state index contributed by atoms with van der Waals surface area (Å²) in [6.07, 6.45) is 1.44. The maximum Gasteiger partial charge on any atom is 0.330 e. The van der Waals surface area contributed by atoms with E-state index in [1.165, 1.54) is 0 Å². The molecule has 0 atom stereocenters. The molecule has 1 N–H and O–H groups in total. The lowest BCUT2D eigenvalue weighted by molar-refractivity contribution is -0.132. The number of hydrogen-bond donors (Lipinski definition) is 1. The van der Waals surface area contributed by atoms with Crippen LogP contribution in [0.2, 0.25) is 0 Å². The molecule has 70 valence electrons. The Labute approximate surface area is 73.0 Å². The molecular formula is C9H16O3. The average Bonchev–Trinajstić information content (AvgIpc) is 1.97. The van der Waals surface area contributed by atoms with Crippen molar-refractivity contribution in [1.29, 1.82) is 0 Å². The summed E-state index contributed by atoms with van der Waals surface area (Å²) >= 11 is 0. The smallest absolute Gasteiger partial charge is 0.330 e. The van der Waals surface area contributed by atoms with Crippen molar-refractivity contribution in [1.82, 2.24) is 0 Å². The van der Waals surface area contributed by atoms with E-state index in [9.17, 15) is 4.79 Å². The zero-order valence-electron chi connectivity index (χ0n) is 7.67. The molecule has 0 bridgehead atoms. The van der Waals surface area contributed by atoms with Gasteiger partial charge >= 0.3 is 5.97 Å². The second-order valence-corrected chi connectivity index (χ2v) is 2.93. The lowest BCUT2D eigenvalue weighted by Gasteiger charge is -2.06. The van der Waals surface area contributed by atoms with Crippen molar-refractivity contribution in [2.45, 2.75) is 32.8 Å². The Morgan fingerprint density at radius 1 is 1.58 bits per heavy atom. The molecule has 0 aromatic carbocycles. The van der Waals surface area contributed by atoms with Crippen LogP contribution in [0.1, 0.15) is 26.7 Å².